The number of pyridine rings is 1. The highest BCUT2D eigenvalue weighted by Gasteiger charge is 2.28. The number of amides is 1. The molecule has 5 rings (SSSR count). The van der Waals surface area contributed by atoms with Crippen molar-refractivity contribution in [3.8, 4) is 0 Å². The van der Waals surface area contributed by atoms with Crippen molar-refractivity contribution in [2.45, 2.75) is 57.5 Å². The van der Waals surface area contributed by atoms with Crippen LogP contribution in [0.4, 0.5) is 5.82 Å². The van der Waals surface area contributed by atoms with E-state index in [1.165, 1.54) is 0 Å². The van der Waals surface area contributed by atoms with E-state index in [0.29, 0.717) is 23.3 Å². The molecule has 0 unspecified atom stereocenters. The van der Waals surface area contributed by atoms with Crippen LogP contribution in [0.3, 0.4) is 0 Å². The highest BCUT2D eigenvalue weighted by atomic mass is 16.1. The van der Waals surface area contributed by atoms with Crippen LogP contribution >= 0.6 is 0 Å². The molecule has 0 aromatic carbocycles. The van der Waals surface area contributed by atoms with Crippen LogP contribution in [0.5, 0.6) is 0 Å². The van der Waals surface area contributed by atoms with E-state index >= 15 is 0 Å². The lowest BCUT2D eigenvalue weighted by atomic mass is 10.1. The fourth-order valence-corrected chi connectivity index (χ4v) is 4.24. The standard InChI is InChI=1S/C22H29N7O/c1-14(2)29-21-18(13-23-29)17(12-19(24-21)15-4-5-15)22(30)25-20-8-11-28(26-20)16-6-9-27(3)10-7-16/h8,11-16H,4-7,9-10H2,1-3H3,(H,25,26,30). The number of hydrogen-bond donors (Lipinski definition) is 1. The van der Waals surface area contributed by atoms with E-state index < -0.39 is 0 Å². The molecule has 1 amide bonds. The topological polar surface area (TPSA) is 80.9 Å². The highest BCUT2D eigenvalue weighted by molar-refractivity contribution is 6.11. The summed E-state index contributed by atoms with van der Waals surface area (Å²) in [5, 5.41) is 12.9. The lowest BCUT2D eigenvalue weighted by Crippen LogP contribution is -2.31. The van der Waals surface area contributed by atoms with Crippen LogP contribution in [0.15, 0.2) is 24.5 Å². The van der Waals surface area contributed by atoms with Crippen LogP contribution < -0.4 is 5.32 Å². The summed E-state index contributed by atoms with van der Waals surface area (Å²) >= 11 is 0. The molecule has 0 atom stereocenters. The first-order valence-electron chi connectivity index (χ1n) is 10.9. The number of carbonyl (C=O) groups is 1. The number of aromatic nitrogens is 5. The van der Waals surface area contributed by atoms with Gasteiger partial charge in [0.1, 0.15) is 0 Å². The number of anilines is 1. The van der Waals surface area contributed by atoms with Gasteiger partial charge in [-0.2, -0.15) is 10.2 Å². The van der Waals surface area contributed by atoms with Gasteiger partial charge in [-0.15, -0.1) is 0 Å². The van der Waals surface area contributed by atoms with E-state index in [4.69, 9.17) is 4.98 Å². The number of nitrogens with one attached hydrogen (secondary N) is 1. The first-order chi connectivity index (χ1) is 14.5. The predicted molar refractivity (Wildman–Crippen MR) is 116 cm³/mol. The maximum Gasteiger partial charge on any atom is 0.257 e. The van der Waals surface area contributed by atoms with Gasteiger partial charge in [-0.1, -0.05) is 0 Å². The molecule has 0 spiro atoms. The molecule has 1 N–H and O–H groups in total. The lowest BCUT2D eigenvalue weighted by Gasteiger charge is -2.28. The number of likely N-dealkylation sites (tertiary alicyclic amines) is 1. The molecule has 30 heavy (non-hydrogen) atoms. The van der Waals surface area contributed by atoms with Crippen molar-refractivity contribution in [3.63, 3.8) is 0 Å². The summed E-state index contributed by atoms with van der Waals surface area (Å²) in [5.74, 6) is 0.898. The molecule has 1 aliphatic heterocycles. The average molecular weight is 408 g/mol. The number of rotatable bonds is 5. The maximum atomic E-state index is 13.2. The van der Waals surface area contributed by atoms with E-state index in [-0.39, 0.29) is 11.9 Å². The predicted octanol–water partition coefficient (Wildman–Crippen LogP) is 3.61. The van der Waals surface area contributed by atoms with Crippen LogP contribution in [-0.2, 0) is 0 Å². The summed E-state index contributed by atoms with van der Waals surface area (Å²) in [7, 11) is 2.15. The molecule has 0 bridgehead atoms. The van der Waals surface area contributed by atoms with Crippen molar-refractivity contribution in [2.75, 3.05) is 25.5 Å². The van der Waals surface area contributed by atoms with Crippen LogP contribution in [0.25, 0.3) is 11.0 Å². The van der Waals surface area contributed by atoms with Gasteiger partial charge in [-0.25, -0.2) is 9.67 Å². The molecule has 1 saturated heterocycles. The molecule has 1 aliphatic carbocycles. The fraction of sp³-hybridized carbons (Fsp3) is 0.545. The molecule has 8 heteroatoms. The van der Waals surface area contributed by atoms with Crippen molar-refractivity contribution in [1.29, 1.82) is 0 Å². The van der Waals surface area contributed by atoms with E-state index in [1.54, 1.807) is 6.20 Å². The first kappa shape index (κ1) is 19.2. The summed E-state index contributed by atoms with van der Waals surface area (Å²) in [6, 6.07) is 4.40. The van der Waals surface area contributed by atoms with Crippen molar-refractivity contribution >= 4 is 22.8 Å². The van der Waals surface area contributed by atoms with Gasteiger partial charge in [0, 0.05) is 29.9 Å². The largest absolute Gasteiger partial charge is 0.306 e. The Morgan fingerprint density at radius 2 is 1.97 bits per heavy atom. The monoisotopic (exact) mass is 407 g/mol. The zero-order valence-electron chi connectivity index (χ0n) is 17.9. The minimum Gasteiger partial charge on any atom is -0.306 e. The Labute approximate surface area is 176 Å². The molecule has 0 radical (unpaired) electrons. The minimum atomic E-state index is -0.152. The third-order valence-corrected chi connectivity index (χ3v) is 6.23. The van der Waals surface area contributed by atoms with Crippen molar-refractivity contribution in [1.82, 2.24) is 29.4 Å². The molecule has 8 nitrogen and oxygen atoms in total. The Balaban J connectivity index is 1.41. The molecular weight excluding hydrogens is 378 g/mol. The number of carbonyl (C=O) groups excluding carboxylic acids is 1. The van der Waals surface area contributed by atoms with Gasteiger partial charge in [0.2, 0.25) is 0 Å². The van der Waals surface area contributed by atoms with E-state index in [9.17, 15) is 4.79 Å². The molecule has 2 fully saturated rings. The maximum absolute atomic E-state index is 13.2. The molecule has 4 heterocycles. The minimum absolute atomic E-state index is 0.152. The molecule has 158 valence electrons. The second-order valence-electron chi connectivity index (χ2n) is 8.96. The number of piperidine rings is 1. The van der Waals surface area contributed by atoms with Crippen LogP contribution in [0.1, 0.15) is 73.6 Å². The van der Waals surface area contributed by atoms with Crippen LogP contribution in [0, 0.1) is 0 Å². The second-order valence-corrected chi connectivity index (χ2v) is 8.96. The Kier molecular flexibility index (Phi) is 4.81. The van der Waals surface area contributed by atoms with Gasteiger partial charge in [0.15, 0.2) is 11.5 Å². The van der Waals surface area contributed by atoms with Gasteiger partial charge < -0.3 is 10.2 Å². The fourth-order valence-electron chi connectivity index (χ4n) is 4.24. The summed E-state index contributed by atoms with van der Waals surface area (Å²) in [4.78, 5) is 20.4. The smallest absolute Gasteiger partial charge is 0.257 e. The van der Waals surface area contributed by atoms with Gasteiger partial charge in [-0.3, -0.25) is 9.48 Å². The molecular formula is C22H29N7O. The van der Waals surface area contributed by atoms with Crippen molar-refractivity contribution in [2.24, 2.45) is 0 Å². The number of nitrogens with zero attached hydrogens (tertiary/aromatic N) is 6. The highest BCUT2D eigenvalue weighted by Crippen LogP contribution is 2.40. The van der Waals surface area contributed by atoms with Crippen LogP contribution in [0.2, 0.25) is 0 Å². The SMILES string of the molecule is CC(C)n1ncc2c(C(=O)Nc3ccn(C4CCN(C)CC4)n3)cc(C3CC3)nc21. The second kappa shape index (κ2) is 7.50. The Bertz CT molecular complexity index is 1070. The molecule has 3 aromatic heterocycles. The summed E-state index contributed by atoms with van der Waals surface area (Å²) in [5.41, 5.74) is 2.41. The Hall–Kier alpha value is -2.74. The van der Waals surface area contributed by atoms with Crippen LogP contribution in [-0.4, -0.2) is 55.5 Å². The molecule has 2 aliphatic rings. The van der Waals surface area contributed by atoms with Gasteiger partial charge in [-0.05, 0) is 65.7 Å². The first-order valence-corrected chi connectivity index (χ1v) is 10.9. The third-order valence-electron chi connectivity index (χ3n) is 6.23. The zero-order chi connectivity index (χ0) is 20.8. The van der Waals surface area contributed by atoms with E-state index in [2.05, 4.69) is 41.3 Å². The lowest BCUT2D eigenvalue weighted by molar-refractivity contribution is 0.102. The van der Waals surface area contributed by atoms with E-state index in [0.717, 1.165) is 55.5 Å². The number of hydrogen-bond acceptors (Lipinski definition) is 5. The molecule has 3 aromatic rings. The quantitative estimate of drug-likeness (QED) is 0.699. The normalized spacial score (nSPS) is 18.4. The number of fused-ring (bicyclic) bond motifs is 1. The van der Waals surface area contributed by atoms with Gasteiger partial charge in [0.25, 0.3) is 5.91 Å². The van der Waals surface area contributed by atoms with Crippen molar-refractivity contribution < 1.29 is 4.79 Å². The third kappa shape index (κ3) is 3.60. The zero-order valence-corrected chi connectivity index (χ0v) is 17.9. The summed E-state index contributed by atoms with van der Waals surface area (Å²) in [6.45, 7) is 6.30. The van der Waals surface area contributed by atoms with Crippen molar-refractivity contribution in [3.05, 3.63) is 35.8 Å². The average Bonchev–Trinajstić information content (AvgIpc) is 3.32. The Morgan fingerprint density at radius 3 is 2.67 bits per heavy atom. The summed E-state index contributed by atoms with van der Waals surface area (Å²) in [6.07, 6.45) is 8.16. The summed E-state index contributed by atoms with van der Waals surface area (Å²) < 4.78 is 3.89. The van der Waals surface area contributed by atoms with E-state index in [1.807, 2.05) is 27.7 Å². The van der Waals surface area contributed by atoms with Gasteiger partial charge in [0.05, 0.1) is 23.2 Å². The Morgan fingerprint density at radius 1 is 1.20 bits per heavy atom. The molecule has 1 saturated carbocycles. The van der Waals surface area contributed by atoms with Gasteiger partial charge >= 0.3 is 0 Å².